The summed E-state index contributed by atoms with van der Waals surface area (Å²) < 4.78 is 2.20. The molecule has 0 radical (unpaired) electrons. The minimum atomic E-state index is 0.879. The molecule has 7 aromatic rings. The van der Waals surface area contributed by atoms with E-state index in [1.165, 1.54) is 44.5 Å². The number of hydrogen-bond acceptors (Lipinski definition) is 3. The fourth-order valence-electron chi connectivity index (χ4n) is 6.51. The monoisotopic (exact) mass is 446 g/mol. The summed E-state index contributed by atoms with van der Waals surface area (Å²) >= 11 is 0. The molecule has 0 N–H and O–H groups in total. The summed E-state index contributed by atoms with van der Waals surface area (Å²) in [5.41, 5.74) is 16.0. The molecule has 4 nitrogen and oxygen atoms in total. The van der Waals surface area contributed by atoms with Crippen molar-refractivity contribution in [2.45, 2.75) is 12.8 Å². The molecule has 0 amide bonds. The Morgan fingerprint density at radius 2 is 1.40 bits per heavy atom. The zero-order valence-electron chi connectivity index (χ0n) is 18.8. The van der Waals surface area contributed by atoms with Crippen LogP contribution in [0, 0.1) is 0 Å². The van der Waals surface area contributed by atoms with Gasteiger partial charge in [0.15, 0.2) is 5.65 Å². The van der Waals surface area contributed by atoms with E-state index >= 15 is 0 Å². The number of nitrogens with zero attached hydrogens (tertiary/aromatic N) is 4. The molecule has 0 atom stereocenters. The van der Waals surface area contributed by atoms with Crippen molar-refractivity contribution >= 4 is 38.6 Å². The third-order valence-electron chi connectivity index (χ3n) is 7.95. The van der Waals surface area contributed by atoms with Crippen LogP contribution >= 0.6 is 0 Å². The van der Waals surface area contributed by atoms with E-state index in [-0.39, 0.29) is 0 Å². The summed E-state index contributed by atoms with van der Waals surface area (Å²) in [6, 6.07) is 26.2. The SMILES string of the molecule is c1ccc2c(c1)Cc1c-2ccc2c1-c1ccc3c(nc4c5ncccc5c5cccnc5n34)c1C2. The molecule has 162 valence electrons. The maximum absolute atomic E-state index is 5.24. The van der Waals surface area contributed by atoms with Gasteiger partial charge in [0.1, 0.15) is 11.2 Å². The molecule has 35 heavy (non-hydrogen) atoms. The number of hydrogen-bond donors (Lipinski definition) is 0. The first-order valence-electron chi connectivity index (χ1n) is 12.1. The van der Waals surface area contributed by atoms with E-state index in [0.29, 0.717) is 0 Å². The van der Waals surface area contributed by atoms with Gasteiger partial charge in [0, 0.05) is 29.6 Å². The molecule has 0 spiro atoms. The van der Waals surface area contributed by atoms with E-state index in [1.807, 2.05) is 24.5 Å². The van der Waals surface area contributed by atoms with Crippen LogP contribution in [-0.4, -0.2) is 19.4 Å². The Bertz CT molecular complexity index is 2070. The van der Waals surface area contributed by atoms with Gasteiger partial charge in [0.25, 0.3) is 0 Å². The molecule has 0 bridgehead atoms. The Kier molecular flexibility index (Phi) is 3.11. The van der Waals surface area contributed by atoms with E-state index < -0.39 is 0 Å². The minimum absolute atomic E-state index is 0.879. The van der Waals surface area contributed by atoms with Crippen LogP contribution in [0.4, 0.5) is 0 Å². The molecule has 0 unspecified atom stereocenters. The molecular formula is C31H18N4. The fourth-order valence-corrected chi connectivity index (χ4v) is 6.51. The summed E-state index contributed by atoms with van der Waals surface area (Å²) in [5.74, 6) is 0. The Balaban J connectivity index is 1.39. The molecule has 0 aliphatic heterocycles. The van der Waals surface area contributed by atoms with Crippen molar-refractivity contribution in [2.24, 2.45) is 0 Å². The minimum Gasteiger partial charge on any atom is -0.274 e. The van der Waals surface area contributed by atoms with Crippen molar-refractivity contribution < 1.29 is 0 Å². The summed E-state index contributed by atoms with van der Waals surface area (Å²) in [6.45, 7) is 0. The topological polar surface area (TPSA) is 43.1 Å². The van der Waals surface area contributed by atoms with Crippen LogP contribution in [0.1, 0.15) is 22.3 Å². The molecule has 9 rings (SSSR count). The molecule has 0 fully saturated rings. The molecule has 2 aliphatic rings. The standard InChI is InChI=1S/C31H18N4/c1-2-6-19-17(5-1)15-24-20(19)10-9-18-16-25-21(27(18)24)11-12-26-28(25)34-31-29-22(7-3-13-32-29)23-8-4-14-33-30(23)35(26)31/h1-14H,15-16H2. The highest BCUT2D eigenvalue weighted by molar-refractivity contribution is 6.12. The lowest BCUT2D eigenvalue weighted by atomic mass is 9.95. The van der Waals surface area contributed by atoms with Crippen LogP contribution in [0.15, 0.2) is 85.2 Å². The predicted octanol–water partition coefficient (Wildman–Crippen LogP) is 6.73. The fraction of sp³-hybridized carbons (Fsp3) is 0.0645. The summed E-state index contributed by atoms with van der Waals surface area (Å²) in [7, 11) is 0. The first-order chi connectivity index (χ1) is 17.4. The van der Waals surface area contributed by atoms with Crippen LogP contribution in [-0.2, 0) is 12.8 Å². The van der Waals surface area contributed by atoms with Gasteiger partial charge in [0.05, 0.1) is 11.0 Å². The Hall–Kier alpha value is -4.57. The third kappa shape index (κ3) is 2.11. The maximum Gasteiger partial charge on any atom is 0.166 e. The number of fused-ring (bicyclic) bond motifs is 16. The van der Waals surface area contributed by atoms with E-state index in [4.69, 9.17) is 15.0 Å². The third-order valence-corrected chi connectivity index (χ3v) is 7.95. The maximum atomic E-state index is 5.24. The highest BCUT2D eigenvalue weighted by atomic mass is 15.1. The van der Waals surface area contributed by atoms with Crippen LogP contribution < -0.4 is 0 Å². The van der Waals surface area contributed by atoms with Gasteiger partial charge in [0.2, 0.25) is 0 Å². The quantitative estimate of drug-likeness (QED) is 0.243. The van der Waals surface area contributed by atoms with Crippen LogP contribution in [0.25, 0.3) is 60.9 Å². The Labute approximate surface area is 200 Å². The normalized spacial score (nSPS) is 13.5. The van der Waals surface area contributed by atoms with Crippen LogP contribution in [0.2, 0.25) is 0 Å². The van der Waals surface area contributed by atoms with Gasteiger partial charge in [-0.1, -0.05) is 48.5 Å². The largest absolute Gasteiger partial charge is 0.274 e. The summed E-state index contributed by atoms with van der Waals surface area (Å²) in [4.78, 5) is 14.8. The number of imidazole rings is 1. The van der Waals surface area contributed by atoms with Gasteiger partial charge < -0.3 is 0 Å². The second-order valence-electron chi connectivity index (χ2n) is 9.64. The van der Waals surface area contributed by atoms with Crippen molar-refractivity contribution in [2.75, 3.05) is 0 Å². The second kappa shape index (κ2) is 6.10. The zero-order valence-corrected chi connectivity index (χ0v) is 18.8. The van der Waals surface area contributed by atoms with E-state index in [2.05, 4.69) is 65.1 Å². The van der Waals surface area contributed by atoms with Gasteiger partial charge in [-0.05, 0) is 75.2 Å². The van der Waals surface area contributed by atoms with E-state index in [1.54, 1.807) is 0 Å². The smallest absolute Gasteiger partial charge is 0.166 e. The lowest BCUT2D eigenvalue weighted by molar-refractivity contribution is 1.22. The molecule has 4 heteroatoms. The number of benzene rings is 3. The van der Waals surface area contributed by atoms with Crippen molar-refractivity contribution in [3.05, 3.63) is 107 Å². The van der Waals surface area contributed by atoms with Gasteiger partial charge in [-0.15, -0.1) is 0 Å². The highest BCUT2D eigenvalue weighted by Crippen LogP contribution is 2.49. The first-order valence-corrected chi connectivity index (χ1v) is 12.1. The van der Waals surface area contributed by atoms with Crippen molar-refractivity contribution in [3.8, 4) is 22.3 Å². The highest BCUT2D eigenvalue weighted by Gasteiger charge is 2.30. The van der Waals surface area contributed by atoms with Gasteiger partial charge >= 0.3 is 0 Å². The van der Waals surface area contributed by atoms with Gasteiger partial charge in [-0.2, -0.15) is 0 Å². The van der Waals surface area contributed by atoms with Crippen LogP contribution in [0.3, 0.4) is 0 Å². The van der Waals surface area contributed by atoms with Crippen molar-refractivity contribution in [1.29, 1.82) is 0 Å². The molecule has 4 aromatic heterocycles. The summed E-state index contributed by atoms with van der Waals surface area (Å²) in [6.07, 6.45) is 5.62. The molecule has 2 aliphatic carbocycles. The van der Waals surface area contributed by atoms with Crippen LogP contribution in [0.5, 0.6) is 0 Å². The molecule has 0 saturated carbocycles. The Morgan fingerprint density at radius 3 is 2.37 bits per heavy atom. The lowest BCUT2D eigenvalue weighted by Crippen LogP contribution is -1.95. The second-order valence-corrected chi connectivity index (χ2v) is 9.64. The zero-order chi connectivity index (χ0) is 22.7. The number of rotatable bonds is 0. The number of pyridine rings is 3. The first kappa shape index (κ1) is 17.8. The molecule has 0 saturated heterocycles. The molecular weight excluding hydrogens is 428 g/mol. The lowest BCUT2D eigenvalue weighted by Gasteiger charge is -2.09. The summed E-state index contributed by atoms with van der Waals surface area (Å²) in [5, 5.41) is 2.19. The van der Waals surface area contributed by atoms with Crippen molar-refractivity contribution in [3.63, 3.8) is 0 Å². The average Bonchev–Trinajstić information content (AvgIpc) is 3.59. The predicted molar refractivity (Wildman–Crippen MR) is 140 cm³/mol. The van der Waals surface area contributed by atoms with Gasteiger partial charge in [-0.3, -0.25) is 9.38 Å². The van der Waals surface area contributed by atoms with Crippen molar-refractivity contribution in [1.82, 2.24) is 19.4 Å². The average molecular weight is 447 g/mol. The Morgan fingerprint density at radius 1 is 0.571 bits per heavy atom. The van der Waals surface area contributed by atoms with Gasteiger partial charge in [-0.25, -0.2) is 9.97 Å². The number of aromatic nitrogens is 4. The van der Waals surface area contributed by atoms with E-state index in [0.717, 1.165) is 51.5 Å². The molecule has 3 aromatic carbocycles. The van der Waals surface area contributed by atoms with E-state index in [9.17, 15) is 0 Å². The molecule has 4 heterocycles.